The monoisotopic (exact) mass is 464 g/mol. The second-order valence-electron chi connectivity index (χ2n) is 7.79. The fourth-order valence-corrected chi connectivity index (χ4v) is 5.05. The Hall–Kier alpha value is -3.78. The summed E-state index contributed by atoms with van der Waals surface area (Å²) in [5, 5.41) is 3.00. The summed E-state index contributed by atoms with van der Waals surface area (Å²) in [7, 11) is -4.24. The summed E-state index contributed by atoms with van der Waals surface area (Å²) in [6.45, 7) is 3.62. The van der Waals surface area contributed by atoms with Crippen LogP contribution < -0.4 is 10.7 Å². The number of carbonyl (C=O) groups excluding carboxylic acids is 1. The molecule has 1 heterocycles. The molecule has 0 spiro atoms. The van der Waals surface area contributed by atoms with E-state index in [-0.39, 0.29) is 22.7 Å². The third-order valence-corrected chi connectivity index (χ3v) is 7.10. The molecule has 0 saturated carbocycles. The first-order valence-electron chi connectivity index (χ1n) is 10.2. The number of para-hydroxylation sites is 1. The predicted molar refractivity (Wildman–Crippen MR) is 125 cm³/mol. The van der Waals surface area contributed by atoms with E-state index in [2.05, 4.69) is 5.32 Å². The lowest BCUT2D eigenvalue weighted by Crippen LogP contribution is -2.24. The molecule has 0 atom stereocenters. The molecule has 0 fully saturated rings. The molecule has 0 saturated heterocycles. The van der Waals surface area contributed by atoms with E-state index in [0.29, 0.717) is 11.2 Å². The minimum atomic E-state index is -4.24. The number of amides is 1. The van der Waals surface area contributed by atoms with Crippen molar-refractivity contribution in [2.45, 2.75) is 30.2 Å². The second kappa shape index (κ2) is 8.63. The molecule has 0 aliphatic carbocycles. The minimum absolute atomic E-state index is 0.167. The number of aryl methyl sites for hydroxylation is 2. The molecule has 3 aromatic carbocycles. The van der Waals surface area contributed by atoms with Crippen molar-refractivity contribution >= 4 is 32.3 Å². The zero-order chi connectivity index (χ0) is 23.8. The summed E-state index contributed by atoms with van der Waals surface area (Å²) in [4.78, 5) is 25.2. The zero-order valence-corrected chi connectivity index (χ0v) is 18.8. The summed E-state index contributed by atoms with van der Waals surface area (Å²) < 4.78 is 41.1. The zero-order valence-electron chi connectivity index (χ0n) is 18.0. The molecule has 168 valence electrons. The van der Waals surface area contributed by atoms with Crippen LogP contribution in [0.5, 0.6) is 0 Å². The third kappa shape index (κ3) is 4.42. The number of carbonyl (C=O) groups is 1. The Morgan fingerprint density at radius 1 is 1.00 bits per heavy atom. The fourth-order valence-electron chi connectivity index (χ4n) is 3.68. The number of aromatic nitrogens is 1. The molecule has 0 unspecified atom stereocenters. The summed E-state index contributed by atoms with van der Waals surface area (Å²) in [5.74, 6) is -0.964. The van der Waals surface area contributed by atoms with Crippen LogP contribution in [0.4, 0.5) is 10.1 Å². The average Bonchev–Trinajstić information content (AvgIpc) is 2.78. The maximum absolute atomic E-state index is 13.3. The summed E-state index contributed by atoms with van der Waals surface area (Å²) in [5.41, 5.74) is 2.35. The fraction of sp³-hybridized carbons (Fsp3) is 0.120. The standard InChI is InChI=1S/C25H21FN2O4S/c1-16-7-12-21(17(2)13-16)27-24(29)15-28-14-23(25(30)20-5-3-4-6-22(20)28)33(31,32)19-10-8-18(26)9-11-19/h3-14H,15H2,1-2H3,(H,27,29). The number of hydrogen-bond acceptors (Lipinski definition) is 4. The van der Waals surface area contributed by atoms with Gasteiger partial charge in [0.25, 0.3) is 0 Å². The van der Waals surface area contributed by atoms with Gasteiger partial charge in [-0.2, -0.15) is 0 Å². The van der Waals surface area contributed by atoms with Gasteiger partial charge in [0, 0.05) is 17.3 Å². The van der Waals surface area contributed by atoms with E-state index in [0.717, 1.165) is 35.4 Å². The largest absolute Gasteiger partial charge is 0.336 e. The van der Waals surface area contributed by atoms with Crippen molar-refractivity contribution in [3.05, 3.63) is 100 Å². The van der Waals surface area contributed by atoms with Gasteiger partial charge >= 0.3 is 0 Å². The first kappa shape index (κ1) is 22.4. The number of nitrogens with one attached hydrogen (secondary N) is 1. The highest BCUT2D eigenvalue weighted by molar-refractivity contribution is 7.91. The van der Waals surface area contributed by atoms with Crippen LogP contribution in [0.3, 0.4) is 0 Å². The van der Waals surface area contributed by atoms with Crippen LogP contribution in [0.2, 0.25) is 0 Å². The number of sulfone groups is 1. The van der Waals surface area contributed by atoms with Gasteiger partial charge in [-0.3, -0.25) is 9.59 Å². The van der Waals surface area contributed by atoms with E-state index in [9.17, 15) is 22.4 Å². The van der Waals surface area contributed by atoms with Crippen LogP contribution in [-0.2, 0) is 21.2 Å². The van der Waals surface area contributed by atoms with E-state index in [1.165, 1.54) is 16.8 Å². The van der Waals surface area contributed by atoms with Crippen LogP contribution in [-0.4, -0.2) is 18.9 Å². The smallest absolute Gasteiger partial charge is 0.244 e. The Balaban J connectivity index is 1.78. The summed E-state index contributed by atoms with van der Waals surface area (Å²) >= 11 is 0. The lowest BCUT2D eigenvalue weighted by molar-refractivity contribution is -0.116. The molecule has 33 heavy (non-hydrogen) atoms. The van der Waals surface area contributed by atoms with E-state index in [1.807, 2.05) is 26.0 Å². The minimum Gasteiger partial charge on any atom is -0.336 e. The molecule has 1 amide bonds. The number of pyridine rings is 1. The SMILES string of the molecule is Cc1ccc(NC(=O)Cn2cc(S(=O)(=O)c3ccc(F)cc3)c(=O)c3ccccc32)c(C)c1. The van der Waals surface area contributed by atoms with Crippen LogP contribution in [0.1, 0.15) is 11.1 Å². The maximum Gasteiger partial charge on any atom is 0.244 e. The highest BCUT2D eigenvalue weighted by Crippen LogP contribution is 2.22. The van der Waals surface area contributed by atoms with E-state index in [4.69, 9.17) is 0 Å². The first-order chi connectivity index (χ1) is 15.7. The Morgan fingerprint density at radius 2 is 1.70 bits per heavy atom. The van der Waals surface area contributed by atoms with Crippen molar-refractivity contribution in [2.75, 3.05) is 5.32 Å². The van der Waals surface area contributed by atoms with Gasteiger partial charge in [0.1, 0.15) is 17.3 Å². The highest BCUT2D eigenvalue weighted by Gasteiger charge is 2.24. The third-order valence-electron chi connectivity index (χ3n) is 5.34. The normalized spacial score (nSPS) is 11.5. The summed E-state index contributed by atoms with van der Waals surface area (Å²) in [6.07, 6.45) is 1.17. The van der Waals surface area contributed by atoms with Gasteiger partial charge in [-0.1, -0.05) is 29.8 Å². The Bertz CT molecular complexity index is 1540. The number of nitrogens with zero attached hydrogens (tertiary/aromatic N) is 1. The topological polar surface area (TPSA) is 85.2 Å². The number of benzene rings is 3. The van der Waals surface area contributed by atoms with Crippen molar-refractivity contribution in [1.82, 2.24) is 4.57 Å². The second-order valence-corrected chi connectivity index (χ2v) is 9.71. The molecule has 0 bridgehead atoms. The van der Waals surface area contributed by atoms with Gasteiger partial charge in [-0.25, -0.2) is 12.8 Å². The van der Waals surface area contributed by atoms with Crippen molar-refractivity contribution in [2.24, 2.45) is 0 Å². The number of hydrogen-bond donors (Lipinski definition) is 1. The van der Waals surface area contributed by atoms with Crippen LogP contribution in [0.15, 0.2) is 87.5 Å². The van der Waals surface area contributed by atoms with Gasteiger partial charge < -0.3 is 9.88 Å². The average molecular weight is 465 g/mol. The molecule has 8 heteroatoms. The Labute approximate surface area is 190 Å². The molecule has 0 aliphatic heterocycles. The van der Waals surface area contributed by atoms with Gasteiger partial charge in [0.15, 0.2) is 0 Å². The predicted octanol–water partition coefficient (Wildman–Crippen LogP) is 4.23. The molecule has 4 aromatic rings. The van der Waals surface area contributed by atoms with Crippen LogP contribution in [0, 0.1) is 19.7 Å². The van der Waals surface area contributed by atoms with Crippen LogP contribution in [0.25, 0.3) is 10.9 Å². The van der Waals surface area contributed by atoms with Gasteiger partial charge in [-0.05, 0) is 61.9 Å². The molecular weight excluding hydrogens is 443 g/mol. The summed E-state index contributed by atoms with van der Waals surface area (Å²) in [6, 6.07) is 16.4. The Morgan fingerprint density at radius 3 is 2.39 bits per heavy atom. The lowest BCUT2D eigenvalue weighted by Gasteiger charge is -2.15. The van der Waals surface area contributed by atoms with Crippen LogP contribution >= 0.6 is 0 Å². The molecule has 0 aliphatic rings. The van der Waals surface area contributed by atoms with Gasteiger partial charge in [0.05, 0.1) is 10.4 Å². The van der Waals surface area contributed by atoms with E-state index >= 15 is 0 Å². The number of anilines is 1. The maximum atomic E-state index is 13.3. The molecule has 4 rings (SSSR count). The van der Waals surface area contributed by atoms with E-state index in [1.54, 1.807) is 24.3 Å². The van der Waals surface area contributed by atoms with E-state index < -0.39 is 26.0 Å². The molecule has 1 aromatic heterocycles. The highest BCUT2D eigenvalue weighted by atomic mass is 32.2. The Kier molecular flexibility index (Phi) is 5.86. The van der Waals surface area contributed by atoms with Crippen molar-refractivity contribution < 1.29 is 17.6 Å². The number of fused-ring (bicyclic) bond motifs is 1. The molecule has 1 N–H and O–H groups in total. The van der Waals surface area contributed by atoms with Crippen molar-refractivity contribution in [3.63, 3.8) is 0 Å². The molecule has 0 radical (unpaired) electrons. The molecular formula is C25H21FN2O4S. The van der Waals surface area contributed by atoms with Gasteiger partial charge in [0.2, 0.25) is 21.2 Å². The molecule has 6 nitrogen and oxygen atoms in total. The number of halogens is 1. The quantitative estimate of drug-likeness (QED) is 0.448. The lowest BCUT2D eigenvalue weighted by atomic mass is 10.1. The number of rotatable bonds is 5. The first-order valence-corrected chi connectivity index (χ1v) is 11.6. The van der Waals surface area contributed by atoms with Crippen molar-refractivity contribution in [3.8, 4) is 0 Å². The van der Waals surface area contributed by atoms with Gasteiger partial charge in [-0.15, -0.1) is 0 Å². The van der Waals surface area contributed by atoms with Crippen molar-refractivity contribution in [1.29, 1.82) is 0 Å².